The number of hydrogen-bond acceptors (Lipinski definition) is 3. The number of para-hydroxylation sites is 1. The highest BCUT2D eigenvalue weighted by molar-refractivity contribution is 7.98. The van der Waals surface area contributed by atoms with Crippen molar-refractivity contribution >= 4 is 22.7 Å². The predicted molar refractivity (Wildman–Crippen MR) is 93.4 cm³/mol. The van der Waals surface area contributed by atoms with Gasteiger partial charge in [-0.05, 0) is 43.0 Å². The summed E-state index contributed by atoms with van der Waals surface area (Å²) in [7, 11) is 1.74. The molecule has 2 rings (SSSR count). The molecule has 0 bridgehead atoms. The first-order valence-electron chi connectivity index (χ1n) is 7.62. The summed E-state index contributed by atoms with van der Waals surface area (Å²) in [6.07, 6.45) is 6.80. The maximum absolute atomic E-state index is 5.05. The largest absolute Gasteiger partial charge is 0.383 e. The lowest BCUT2D eigenvalue weighted by Crippen LogP contribution is -2.21. The molecular formula is C17H26N2OS. The Labute approximate surface area is 132 Å². The van der Waals surface area contributed by atoms with Gasteiger partial charge in [-0.3, -0.25) is 0 Å². The molecular weight excluding hydrogens is 280 g/mol. The number of ether oxygens (including phenoxy) is 1. The Morgan fingerprint density at radius 1 is 1.24 bits per heavy atom. The third-order valence-corrected chi connectivity index (χ3v) is 4.37. The molecule has 3 nitrogen and oxygen atoms in total. The second kappa shape index (κ2) is 9.13. The van der Waals surface area contributed by atoms with Crippen LogP contribution in [0.25, 0.3) is 10.9 Å². The fraction of sp³-hybridized carbons (Fsp3) is 0.529. The van der Waals surface area contributed by atoms with E-state index >= 15 is 0 Å². The molecule has 0 aliphatic rings. The molecule has 0 radical (unpaired) electrons. The molecule has 0 amide bonds. The molecule has 21 heavy (non-hydrogen) atoms. The topological polar surface area (TPSA) is 26.2 Å². The number of aryl methyl sites for hydroxylation is 1. The van der Waals surface area contributed by atoms with Crippen LogP contribution >= 0.6 is 11.8 Å². The standard InChI is InChI=1S/C17H26N2OS/c1-20-12-10-18-9-8-15-14-19(11-5-13-21-2)17-7-4-3-6-16(15)17/h3-4,6-7,14,18H,5,8-13H2,1-2H3. The number of methoxy groups -OCH3 is 1. The number of thioether (sulfide) groups is 1. The van der Waals surface area contributed by atoms with Crippen molar-refractivity contribution in [1.29, 1.82) is 0 Å². The molecule has 0 atom stereocenters. The fourth-order valence-corrected chi connectivity index (χ4v) is 3.03. The summed E-state index contributed by atoms with van der Waals surface area (Å²) < 4.78 is 7.47. The molecule has 0 aliphatic carbocycles. The zero-order valence-corrected chi connectivity index (χ0v) is 13.9. The van der Waals surface area contributed by atoms with E-state index in [1.165, 1.54) is 28.6 Å². The SMILES string of the molecule is COCCNCCc1cn(CCCSC)c2ccccc12. The predicted octanol–water partition coefficient (Wildman–Crippen LogP) is 3.17. The van der Waals surface area contributed by atoms with Crippen LogP contribution in [0.15, 0.2) is 30.5 Å². The van der Waals surface area contributed by atoms with Crippen LogP contribution in [0, 0.1) is 0 Å². The highest BCUT2D eigenvalue weighted by atomic mass is 32.2. The van der Waals surface area contributed by atoms with Gasteiger partial charge >= 0.3 is 0 Å². The first kappa shape index (κ1) is 16.4. The van der Waals surface area contributed by atoms with Crippen molar-refractivity contribution in [2.45, 2.75) is 19.4 Å². The van der Waals surface area contributed by atoms with Crippen molar-refractivity contribution in [3.63, 3.8) is 0 Å². The van der Waals surface area contributed by atoms with Gasteiger partial charge in [-0.2, -0.15) is 11.8 Å². The minimum Gasteiger partial charge on any atom is -0.383 e. The van der Waals surface area contributed by atoms with Crippen molar-refractivity contribution in [3.8, 4) is 0 Å². The van der Waals surface area contributed by atoms with E-state index < -0.39 is 0 Å². The van der Waals surface area contributed by atoms with Crippen LogP contribution < -0.4 is 5.32 Å². The van der Waals surface area contributed by atoms with Gasteiger partial charge in [-0.15, -0.1) is 0 Å². The van der Waals surface area contributed by atoms with Crippen LogP contribution in [0.5, 0.6) is 0 Å². The first-order chi connectivity index (χ1) is 10.4. The van der Waals surface area contributed by atoms with Gasteiger partial charge in [0.05, 0.1) is 6.61 Å². The van der Waals surface area contributed by atoms with Gasteiger partial charge in [0.15, 0.2) is 0 Å². The zero-order valence-electron chi connectivity index (χ0n) is 13.1. The van der Waals surface area contributed by atoms with Crippen molar-refractivity contribution in [3.05, 3.63) is 36.0 Å². The van der Waals surface area contributed by atoms with Crippen molar-refractivity contribution < 1.29 is 4.74 Å². The van der Waals surface area contributed by atoms with Crippen molar-refractivity contribution in [2.75, 3.05) is 38.8 Å². The zero-order chi connectivity index (χ0) is 14.9. The molecule has 2 aromatic rings. The van der Waals surface area contributed by atoms with Crippen LogP contribution in [0.2, 0.25) is 0 Å². The van der Waals surface area contributed by atoms with E-state index in [1.807, 2.05) is 11.8 Å². The van der Waals surface area contributed by atoms with Crippen LogP contribution in [0.4, 0.5) is 0 Å². The van der Waals surface area contributed by atoms with E-state index in [1.54, 1.807) is 7.11 Å². The van der Waals surface area contributed by atoms with E-state index in [0.29, 0.717) is 0 Å². The fourth-order valence-electron chi connectivity index (χ4n) is 2.61. The monoisotopic (exact) mass is 306 g/mol. The van der Waals surface area contributed by atoms with E-state index in [0.717, 1.165) is 32.7 Å². The minimum absolute atomic E-state index is 0.774. The Balaban J connectivity index is 2.01. The maximum atomic E-state index is 5.05. The summed E-state index contributed by atoms with van der Waals surface area (Å²) in [6, 6.07) is 8.74. The number of benzene rings is 1. The number of nitrogens with one attached hydrogen (secondary N) is 1. The van der Waals surface area contributed by atoms with Gasteiger partial charge in [0, 0.05) is 37.3 Å². The Hall–Kier alpha value is -0.970. The van der Waals surface area contributed by atoms with Crippen LogP contribution in [0.1, 0.15) is 12.0 Å². The lowest BCUT2D eigenvalue weighted by atomic mass is 10.1. The second-order valence-corrected chi connectivity index (χ2v) is 6.19. The van der Waals surface area contributed by atoms with Crippen LogP contribution in [0.3, 0.4) is 0 Å². The third-order valence-electron chi connectivity index (χ3n) is 3.67. The maximum Gasteiger partial charge on any atom is 0.0587 e. The summed E-state index contributed by atoms with van der Waals surface area (Å²) in [5.74, 6) is 1.22. The summed E-state index contributed by atoms with van der Waals surface area (Å²) >= 11 is 1.92. The van der Waals surface area contributed by atoms with Crippen LogP contribution in [-0.4, -0.2) is 43.4 Å². The van der Waals surface area contributed by atoms with Crippen LogP contribution in [-0.2, 0) is 17.7 Å². The summed E-state index contributed by atoms with van der Waals surface area (Å²) in [4.78, 5) is 0. The third kappa shape index (κ3) is 4.77. The number of nitrogens with zero attached hydrogens (tertiary/aromatic N) is 1. The number of hydrogen-bond donors (Lipinski definition) is 1. The average Bonchev–Trinajstić information content (AvgIpc) is 2.86. The van der Waals surface area contributed by atoms with Crippen molar-refractivity contribution in [1.82, 2.24) is 9.88 Å². The van der Waals surface area contributed by atoms with Gasteiger partial charge in [-0.25, -0.2) is 0 Å². The molecule has 4 heteroatoms. The molecule has 1 heterocycles. The molecule has 0 spiro atoms. The summed E-state index contributed by atoms with van der Waals surface area (Å²) in [5.41, 5.74) is 2.81. The lowest BCUT2D eigenvalue weighted by Gasteiger charge is -2.03. The second-order valence-electron chi connectivity index (χ2n) is 5.20. The van der Waals surface area contributed by atoms with E-state index in [9.17, 15) is 0 Å². The smallest absolute Gasteiger partial charge is 0.0587 e. The number of rotatable bonds is 10. The van der Waals surface area contributed by atoms with Gasteiger partial charge in [0.2, 0.25) is 0 Å². The van der Waals surface area contributed by atoms with Gasteiger partial charge in [0.1, 0.15) is 0 Å². The number of fused-ring (bicyclic) bond motifs is 1. The summed E-state index contributed by atoms with van der Waals surface area (Å²) in [6.45, 7) is 3.81. The first-order valence-corrected chi connectivity index (χ1v) is 9.01. The molecule has 1 aromatic heterocycles. The molecule has 1 aromatic carbocycles. The molecule has 116 valence electrons. The Bertz CT molecular complexity index is 539. The van der Waals surface area contributed by atoms with Gasteiger partial charge in [0.25, 0.3) is 0 Å². The molecule has 0 fully saturated rings. The van der Waals surface area contributed by atoms with Gasteiger partial charge in [-0.1, -0.05) is 18.2 Å². The average molecular weight is 306 g/mol. The molecule has 0 unspecified atom stereocenters. The summed E-state index contributed by atoms with van der Waals surface area (Å²) in [5, 5.41) is 4.82. The highest BCUT2D eigenvalue weighted by Crippen LogP contribution is 2.22. The van der Waals surface area contributed by atoms with E-state index in [-0.39, 0.29) is 0 Å². The highest BCUT2D eigenvalue weighted by Gasteiger charge is 2.07. The Kier molecular flexibility index (Phi) is 7.13. The minimum atomic E-state index is 0.774. The lowest BCUT2D eigenvalue weighted by molar-refractivity contribution is 0.199. The van der Waals surface area contributed by atoms with E-state index in [2.05, 4.69) is 46.6 Å². The molecule has 0 saturated carbocycles. The Morgan fingerprint density at radius 3 is 2.90 bits per heavy atom. The quantitative estimate of drug-likeness (QED) is 0.683. The molecule has 1 N–H and O–H groups in total. The Morgan fingerprint density at radius 2 is 2.10 bits per heavy atom. The normalized spacial score (nSPS) is 11.3. The van der Waals surface area contributed by atoms with E-state index in [4.69, 9.17) is 4.74 Å². The molecule has 0 saturated heterocycles. The molecule has 0 aliphatic heterocycles. The number of aromatic nitrogens is 1. The van der Waals surface area contributed by atoms with Gasteiger partial charge < -0.3 is 14.6 Å². The van der Waals surface area contributed by atoms with Crippen molar-refractivity contribution in [2.24, 2.45) is 0 Å².